The predicted octanol–water partition coefficient (Wildman–Crippen LogP) is 4.15. The summed E-state index contributed by atoms with van der Waals surface area (Å²) in [5.41, 5.74) is 1.19. The average Bonchev–Trinajstić information content (AvgIpc) is 2.23. The Kier molecular flexibility index (Phi) is 6.14. The Morgan fingerprint density at radius 3 is 2.59 bits per heavy atom. The second-order valence-corrected chi connectivity index (χ2v) is 5.81. The van der Waals surface area contributed by atoms with Crippen molar-refractivity contribution in [3.8, 4) is 0 Å². The topological polar surface area (TPSA) is 12.0 Å². The summed E-state index contributed by atoms with van der Waals surface area (Å²) in [6.45, 7) is 7.59. The smallest absolute Gasteiger partial charge is 0.137 e. The quantitative estimate of drug-likeness (QED) is 0.832. The normalized spacial score (nSPS) is 13.1. The highest BCUT2D eigenvalue weighted by molar-refractivity contribution is 9.10. The number of benzene rings is 1. The molecule has 0 spiro atoms. The molecule has 1 aromatic carbocycles. The molecule has 1 rings (SSSR count). The maximum atomic E-state index is 13.1. The molecular weight excluding hydrogens is 281 g/mol. The molecule has 17 heavy (non-hydrogen) atoms. The van der Waals surface area contributed by atoms with Gasteiger partial charge in [-0.05, 0) is 58.9 Å². The van der Waals surface area contributed by atoms with Crippen LogP contribution >= 0.6 is 15.9 Å². The molecule has 0 bridgehead atoms. The first-order chi connectivity index (χ1) is 7.99. The van der Waals surface area contributed by atoms with Crippen molar-refractivity contribution in [3.63, 3.8) is 0 Å². The largest absolute Gasteiger partial charge is 0.315 e. The molecule has 1 N–H and O–H groups in total. The Morgan fingerprint density at radius 1 is 1.29 bits per heavy atom. The number of hydrogen-bond donors (Lipinski definition) is 1. The van der Waals surface area contributed by atoms with Crippen molar-refractivity contribution < 1.29 is 4.39 Å². The van der Waals surface area contributed by atoms with Gasteiger partial charge in [0.05, 0.1) is 4.47 Å². The highest BCUT2D eigenvalue weighted by Crippen LogP contribution is 2.19. The monoisotopic (exact) mass is 301 g/mol. The van der Waals surface area contributed by atoms with Crippen LogP contribution in [0, 0.1) is 11.7 Å². The van der Waals surface area contributed by atoms with Crippen LogP contribution in [0.25, 0.3) is 0 Å². The maximum absolute atomic E-state index is 13.1. The Hall–Kier alpha value is -0.410. The van der Waals surface area contributed by atoms with Crippen LogP contribution in [0.5, 0.6) is 0 Å². The minimum Gasteiger partial charge on any atom is -0.315 e. The van der Waals surface area contributed by atoms with Gasteiger partial charge in [0.25, 0.3) is 0 Å². The van der Waals surface area contributed by atoms with Gasteiger partial charge in [-0.2, -0.15) is 0 Å². The average molecular weight is 302 g/mol. The van der Waals surface area contributed by atoms with Gasteiger partial charge in [-0.3, -0.25) is 0 Å². The zero-order valence-electron chi connectivity index (χ0n) is 10.8. The van der Waals surface area contributed by atoms with Gasteiger partial charge in [0.1, 0.15) is 5.82 Å². The third kappa shape index (κ3) is 5.64. The molecular formula is C14H21BrFN. The summed E-state index contributed by atoms with van der Waals surface area (Å²) in [5.74, 6) is 0.418. The maximum Gasteiger partial charge on any atom is 0.137 e. The zero-order valence-corrected chi connectivity index (χ0v) is 12.3. The molecule has 0 radical (unpaired) electrons. The SMILES string of the molecule is CC(CCNC(C)C)Cc1ccc(F)c(Br)c1. The Bertz CT molecular complexity index is 352. The molecule has 0 heterocycles. The van der Waals surface area contributed by atoms with Gasteiger partial charge < -0.3 is 5.32 Å². The lowest BCUT2D eigenvalue weighted by atomic mass is 9.98. The molecule has 1 nitrogen and oxygen atoms in total. The van der Waals surface area contributed by atoms with Crippen LogP contribution in [0.4, 0.5) is 4.39 Å². The van der Waals surface area contributed by atoms with Crippen LogP contribution < -0.4 is 5.32 Å². The van der Waals surface area contributed by atoms with Crippen LogP contribution in [-0.2, 0) is 6.42 Å². The first-order valence-electron chi connectivity index (χ1n) is 6.16. The van der Waals surface area contributed by atoms with Crippen LogP contribution in [0.1, 0.15) is 32.8 Å². The van der Waals surface area contributed by atoms with E-state index in [0.717, 1.165) is 19.4 Å². The van der Waals surface area contributed by atoms with Gasteiger partial charge in [0.15, 0.2) is 0 Å². The molecule has 3 heteroatoms. The third-order valence-electron chi connectivity index (χ3n) is 2.76. The molecule has 0 aliphatic rings. The molecule has 0 amide bonds. The number of nitrogens with one attached hydrogen (secondary N) is 1. The van der Waals surface area contributed by atoms with E-state index in [2.05, 4.69) is 42.0 Å². The molecule has 0 aromatic heterocycles. The highest BCUT2D eigenvalue weighted by Gasteiger charge is 2.06. The van der Waals surface area contributed by atoms with Gasteiger partial charge >= 0.3 is 0 Å². The fraction of sp³-hybridized carbons (Fsp3) is 0.571. The summed E-state index contributed by atoms with van der Waals surface area (Å²) in [6, 6.07) is 5.81. The van der Waals surface area contributed by atoms with E-state index in [1.807, 2.05) is 12.1 Å². The molecule has 96 valence electrons. The van der Waals surface area contributed by atoms with Crippen molar-refractivity contribution in [3.05, 3.63) is 34.1 Å². The summed E-state index contributed by atoms with van der Waals surface area (Å²) in [7, 11) is 0. The number of rotatable bonds is 6. The lowest BCUT2D eigenvalue weighted by Gasteiger charge is -2.14. The van der Waals surface area contributed by atoms with E-state index in [-0.39, 0.29) is 5.82 Å². The van der Waals surface area contributed by atoms with Crippen molar-refractivity contribution >= 4 is 15.9 Å². The third-order valence-corrected chi connectivity index (χ3v) is 3.37. The summed E-state index contributed by atoms with van der Waals surface area (Å²) < 4.78 is 13.6. The van der Waals surface area contributed by atoms with E-state index in [0.29, 0.717) is 16.4 Å². The van der Waals surface area contributed by atoms with Gasteiger partial charge in [-0.15, -0.1) is 0 Å². The Labute approximate surface area is 112 Å². The molecule has 1 unspecified atom stereocenters. The zero-order chi connectivity index (χ0) is 12.8. The summed E-state index contributed by atoms with van der Waals surface area (Å²) in [6.07, 6.45) is 2.14. The standard InChI is InChI=1S/C14H21BrFN/c1-10(2)17-7-6-11(3)8-12-4-5-14(16)13(15)9-12/h4-5,9-11,17H,6-8H2,1-3H3. The fourth-order valence-corrected chi connectivity index (χ4v) is 2.22. The molecule has 0 aliphatic carbocycles. The minimum atomic E-state index is -0.192. The van der Waals surface area contributed by atoms with Gasteiger partial charge in [0.2, 0.25) is 0 Å². The first-order valence-corrected chi connectivity index (χ1v) is 6.95. The lowest BCUT2D eigenvalue weighted by Crippen LogP contribution is -2.25. The van der Waals surface area contributed by atoms with Crippen molar-refractivity contribution in [1.82, 2.24) is 5.32 Å². The van der Waals surface area contributed by atoms with Crippen LogP contribution in [-0.4, -0.2) is 12.6 Å². The Morgan fingerprint density at radius 2 is 2.00 bits per heavy atom. The lowest BCUT2D eigenvalue weighted by molar-refractivity contribution is 0.476. The van der Waals surface area contributed by atoms with E-state index < -0.39 is 0 Å². The highest BCUT2D eigenvalue weighted by atomic mass is 79.9. The van der Waals surface area contributed by atoms with E-state index in [4.69, 9.17) is 0 Å². The minimum absolute atomic E-state index is 0.192. The second kappa shape index (κ2) is 7.12. The second-order valence-electron chi connectivity index (χ2n) is 4.96. The molecule has 1 aromatic rings. The van der Waals surface area contributed by atoms with Gasteiger partial charge in [0, 0.05) is 6.04 Å². The van der Waals surface area contributed by atoms with Crippen LogP contribution in [0.2, 0.25) is 0 Å². The van der Waals surface area contributed by atoms with Crippen molar-refractivity contribution in [2.75, 3.05) is 6.54 Å². The number of halogens is 2. The molecule has 0 fully saturated rings. The predicted molar refractivity (Wildman–Crippen MR) is 74.7 cm³/mol. The van der Waals surface area contributed by atoms with E-state index in [9.17, 15) is 4.39 Å². The van der Waals surface area contributed by atoms with Crippen LogP contribution in [0.3, 0.4) is 0 Å². The first kappa shape index (κ1) is 14.7. The molecule has 0 saturated carbocycles. The number of hydrogen-bond acceptors (Lipinski definition) is 1. The van der Waals surface area contributed by atoms with E-state index in [1.54, 1.807) is 0 Å². The fourth-order valence-electron chi connectivity index (χ4n) is 1.79. The Balaban J connectivity index is 2.39. The van der Waals surface area contributed by atoms with Gasteiger partial charge in [-0.25, -0.2) is 4.39 Å². The molecule has 1 atom stereocenters. The van der Waals surface area contributed by atoms with Crippen LogP contribution in [0.15, 0.2) is 22.7 Å². The molecule has 0 saturated heterocycles. The summed E-state index contributed by atoms with van der Waals surface area (Å²) >= 11 is 3.22. The van der Waals surface area contributed by atoms with Crippen molar-refractivity contribution in [1.29, 1.82) is 0 Å². The van der Waals surface area contributed by atoms with Crippen molar-refractivity contribution in [2.24, 2.45) is 5.92 Å². The van der Waals surface area contributed by atoms with Crippen molar-refractivity contribution in [2.45, 2.75) is 39.7 Å². The van der Waals surface area contributed by atoms with E-state index in [1.165, 1.54) is 11.6 Å². The van der Waals surface area contributed by atoms with Gasteiger partial charge in [-0.1, -0.05) is 26.8 Å². The van der Waals surface area contributed by atoms with E-state index >= 15 is 0 Å². The molecule has 0 aliphatic heterocycles. The summed E-state index contributed by atoms with van der Waals surface area (Å²) in [4.78, 5) is 0. The summed E-state index contributed by atoms with van der Waals surface area (Å²) in [5, 5.41) is 3.41.